The van der Waals surface area contributed by atoms with Gasteiger partial charge in [-0.1, -0.05) is 6.07 Å². The van der Waals surface area contributed by atoms with Gasteiger partial charge < -0.3 is 10.6 Å². The summed E-state index contributed by atoms with van der Waals surface area (Å²) < 4.78 is 13.5. The fourth-order valence-corrected chi connectivity index (χ4v) is 3.26. The minimum Gasteiger partial charge on any atom is -0.337 e. The summed E-state index contributed by atoms with van der Waals surface area (Å²) in [6.45, 7) is 3.62. The summed E-state index contributed by atoms with van der Waals surface area (Å²) in [5.41, 5.74) is 7.37. The van der Waals surface area contributed by atoms with Gasteiger partial charge in [0.25, 0.3) is 0 Å². The van der Waals surface area contributed by atoms with Crippen LogP contribution in [0.4, 0.5) is 4.39 Å². The van der Waals surface area contributed by atoms with Gasteiger partial charge in [0.15, 0.2) is 0 Å². The lowest BCUT2D eigenvalue weighted by molar-refractivity contribution is -0.130. The summed E-state index contributed by atoms with van der Waals surface area (Å²) in [6, 6.07) is 5.37. The number of hydrogen-bond acceptors (Lipinski definition) is 3. The smallest absolute Gasteiger partial charge is 0.222 e. The van der Waals surface area contributed by atoms with E-state index in [9.17, 15) is 9.18 Å². The van der Waals surface area contributed by atoms with Crippen molar-refractivity contribution < 1.29 is 9.18 Å². The molecule has 0 saturated carbocycles. The number of halogens is 1. The first-order valence-corrected chi connectivity index (χ1v) is 7.16. The van der Waals surface area contributed by atoms with Crippen molar-refractivity contribution in [2.24, 2.45) is 5.73 Å². The Morgan fingerprint density at radius 2 is 2.05 bits per heavy atom. The maximum absolute atomic E-state index is 13.5. The molecular formula is C15H20FN3O. The highest BCUT2D eigenvalue weighted by atomic mass is 19.1. The summed E-state index contributed by atoms with van der Waals surface area (Å²) in [7, 11) is 0. The molecule has 0 bridgehead atoms. The summed E-state index contributed by atoms with van der Waals surface area (Å²) in [4.78, 5) is 15.9. The molecule has 2 heterocycles. The van der Waals surface area contributed by atoms with Crippen LogP contribution in [-0.2, 0) is 17.9 Å². The van der Waals surface area contributed by atoms with Crippen LogP contribution < -0.4 is 5.73 Å². The molecule has 2 aliphatic heterocycles. The molecule has 2 saturated heterocycles. The number of amides is 1. The molecule has 5 heteroatoms. The Morgan fingerprint density at radius 3 is 2.85 bits per heavy atom. The molecule has 2 fully saturated rings. The third-order valence-electron chi connectivity index (χ3n) is 4.24. The third-order valence-corrected chi connectivity index (χ3v) is 4.24. The van der Waals surface area contributed by atoms with Crippen molar-refractivity contribution in [3.05, 3.63) is 35.1 Å². The van der Waals surface area contributed by atoms with Crippen LogP contribution in [0.1, 0.15) is 24.0 Å². The van der Waals surface area contributed by atoms with Gasteiger partial charge >= 0.3 is 0 Å². The van der Waals surface area contributed by atoms with Crippen LogP contribution in [0.3, 0.4) is 0 Å². The molecule has 2 aliphatic rings. The summed E-state index contributed by atoms with van der Waals surface area (Å²) in [6.07, 6.45) is 1.63. The molecule has 1 aromatic carbocycles. The second-order valence-electron chi connectivity index (χ2n) is 5.69. The number of nitrogens with zero attached hydrogens (tertiary/aromatic N) is 2. The van der Waals surface area contributed by atoms with Gasteiger partial charge in [0, 0.05) is 45.2 Å². The van der Waals surface area contributed by atoms with Gasteiger partial charge in [-0.2, -0.15) is 0 Å². The lowest BCUT2D eigenvalue weighted by Gasteiger charge is -2.37. The monoisotopic (exact) mass is 277 g/mol. The normalized spacial score (nSPS) is 23.2. The van der Waals surface area contributed by atoms with Gasteiger partial charge in [0.2, 0.25) is 5.91 Å². The van der Waals surface area contributed by atoms with E-state index in [1.165, 1.54) is 6.07 Å². The highest BCUT2D eigenvalue weighted by Gasteiger charge is 2.35. The van der Waals surface area contributed by atoms with Gasteiger partial charge in [0.1, 0.15) is 5.82 Å². The fraction of sp³-hybridized carbons (Fsp3) is 0.533. The van der Waals surface area contributed by atoms with E-state index in [1.807, 2.05) is 11.0 Å². The van der Waals surface area contributed by atoms with Gasteiger partial charge in [-0.05, 0) is 29.7 Å². The van der Waals surface area contributed by atoms with E-state index in [-0.39, 0.29) is 11.7 Å². The zero-order chi connectivity index (χ0) is 14.1. The topological polar surface area (TPSA) is 49.6 Å². The van der Waals surface area contributed by atoms with Crippen molar-refractivity contribution in [2.75, 3.05) is 19.6 Å². The Kier molecular flexibility index (Phi) is 3.72. The maximum Gasteiger partial charge on any atom is 0.222 e. The van der Waals surface area contributed by atoms with Crippen molar-refractivity contribution in [2.45, 2.75) is 32.0 Å². The van der Waals surface area contributed by atoms with Crippen molar-refractivity contribution in [3.8, 4) is 0 Å². The van der Waals surface area contributed by atoms with Crippen molar-refractivity contribution in [1.29, 1.82) is 0 Å². The molecule has 4 nitrogen and oxygen atoms in total. The average molecular weight is 277 g/mol. The number of piperazine rings is 1. The number of fused-ring (bicyclic) bond motifs is 1. The minimum atomic E-state index is -0.224. The Bertz CT molecular complexity index is 520. The summed E-state index contributed by atoms with van der Waals surface area (Å²) in [5, 5.41) is 0. The lowest BCUT2D eigenvalue weighted by Crippen LogP contribution is -2.50. The predicted octanol–water partition coefficient (Wildman–Crippen LogP) is 1.09. The Morgan fingerprint density at radius 1 is 1.25 bits per heavy atom. The molecule has 2 N–H and O–H groups in total. The van der Waals surface area contributed by atoms with Crippen molar-refractivity contribution in [1.82, 2.24) is 9.80 Å². The second-order valence-corrected chi connectivity index (χ2v) is 5.69. The summed E-state index contributed by atoms with van der Waals surface area (Å²) in [5.74, 6) is 0.0588. The number of hydrogen-bond donors (Lipinski definition) is 1. The molecule has 0 aromatic heterocycles. The van der Waals surface area contributed by atoms with Crippen molar-refractivity contribution in [3.63, 3.8) is 0 Å². The fourth-order valence-electron chi connectivity index (χ4n) is 3.26. The van der Waals surface area contributed by atoms with Gasteiger partial charge in [0.05, 0.1) is 0 Å². The molecule has 108 valence electrons. The first-order valence-electron chi connectivity index (χ1n) is 7.16. The quantitative estimate of drug-likeness (QED) is 0.900. The van der Waals surface area contributed by atoms with Gasteiger partial charge in [-0.15, -0.1) is 0 Å². The molecule has 3 rings (SSSR count). The molecule has 1 atom stereocenters. The van der Waals surface area contributed by atoms with E-state index < -0.39 is 0 Å². The average Bonchev–Trinajstić information content (AvgIpc) is 2.79. The number of benzene rings is 1. The lowest BCUT2D eigenvalue weighted by atomic mass is 10.1. The maximum atomic E-state index is 13.5. The Hall–Kier alpha value is -1.46. The first kappa shape index (κ1) is 13.5. The first-order chi connectivity index (χ1) is 9.65. The molecule has 1 amide bonds. The van der Waals surface area contributed by atoms with Crippen LogP contribution in [0.15, 0.2) is 18.2 Å². The van der Waals surface area contributed by atoms with Gasteiger partial charge in [-0.25, -0.2) is 4.39 Å². The number of nitrogens with two attached hydrogens (primary N) is 1. The number of rotatable bonds is 3. The predicted molar refractivity (Wildman–Crippen MR) is 74.3 cm³/mol. The van der Waals surface area contributed by atoms with Crippen LogP contribution in [0.25, 0.3) is 0 Å². The highest BCUT2D eigenvalue weighted by Crippen LogP contribution is 2.24. The van der Waals surface area contributed by atoms with E-state index in [2.05, 4.69) is 4.90 Å². The van der Waals surface area contributed by atoms with Crippen LogP contribution in [0, 0.1) is 5.82 Å². The largest absolute Gasteiger partial charge is 0.337 e. The molecule has 0 aliphatic carbocycles. The number of carbonyl (C=O) groups is 1. The summed E-state index contributed by atoms with van der Waals surface area (Å²) >= 11 is 0. The molecule has 20 heavy (non-hydrogen) atoms. The SMILES string of the molecule is NCc1cc(F)cc(CN2CCN3C(=O)CCC3C2)c1. The zero-order valence-corrected chi connectivity index (χ0v) is 11.5. The van der Waals surface area contributed by atoms with E-state index in [0.717, 1.165) is 43.7 Å². The highest BCUT2D eigenvalue weighted by molar-refractivity contribution is 5.78. The molecule has 0 spiro atoms. The molecule has 1 aromatic rings. The molecular weight excluding hydrogens is 257 g/mol. The Balaban J connectivity index is 1.67. The standard InChI is InChI=1S/C15H20FN3O/c16-13-6-11(8-17)5-12(7-13)9-18-3-4-19-14(10-18)1-2-15(19)20/h5-7,14H,1-4,8-10,17H2. The van der Waals surface area contributed by atoms with E-state index in [1.54, 1.807) is 6.07 Å². The van der Waals surface area contributed by atoms with Crippen LogP contribution in [0.5, 0.6) is 0 Å². The minimum absolute atomic E-state index is 0.224. The zero-order valence-electron chi connectivity index (χ0n) is 11.5. The van der Waals surface area contributed by atoms with E-state index in [0.29, 0.717) is 19.0 Å². The molecule has 1 unspecified atom stereocenters. The van der Waals surface area contributed by atoms with E-state index in [4.69, 9.17) is 5.73 Å². The van der Waals surface area contributed by atoms with Crippen LogP contribution >= 0.6 is 0 Å². The van der Waals surface area contributed by atoms with Crippen molar-refractivity contribution >= 4 is 5.91 Å². The Labute approximate surface area is 118 Å². The van der Waals surface area contributed by atoms with E-state index >= 15 is 0 Å². The van der Waals surface area contributed by atoms with Gasteiger partial charge in [-0.3, -0.25) is 9.69 Å². The van der Waals surface area contributed by atoms with Crippen LogP contribution in [-0.4, -0.2) is 41.4 Å². The second kappa shape index (κ2) is 5.50. The molecule has 0 radical (unpaired) electrons. The van der Waals surface area contributed by atoms with Crippen LogP contribution in [0.2, 0.25) is 0 Å². The third kappa shape index (κ3) is 2.69. The number of carbonyl (C=O) groups excluding carboxylic acids is 1.